The Labute approximate surface area is 111 Å². The van der Waals surface area contributed by atoms with Gasteiger partial charge in [0.25, 0.3) is 0 Å². The molecule has 2 aromatic carbocycles. The maximum Gasteiger partial charge on any atom is 0.138 e. The minimum absolute atomic E-state index is 0.0173. The number of para-hydroxylation sites is 1. The van der Waals surface area contributed by atoms with E-state index in [1.807, 2.05) is 25.1 Å². The molecular weight excluding hydrogens is 248 g/mol. The van der Waals surface area contributed by atoms with Crippen molar-refractivity contribution in [1.29, 1.82) is 5.41 Å². The number of hydrogen-bond donors (Lipinski definition) is 2. The fourth-order valence-electron chi connectivity index (χ4n) is 1.59. The molecule has 92 valence electrons. The second kappa shape index (κ2) is 5.10. The maximum atomic E-state index is 7.50. The van der Waals surface area contributed by atoms with Gasteiger partial charge in [-0.05, 0) is 42.8 Å². The Morgan fingerprint density at radius 3 is 2.61 bits per heavy atom. The first-order valence-electron chi connectivity index (χ1n) is 5.45. The van der Waals surface area contributed by atoms with Gasteiger partial charge in [-0.1, -0.05) is 23.7 Å². The van der Waals surface area contributed by atoms with Crippen LogP contribution in [0.2, 0.25) is 5.02 Å². The van der Waals surface area contributed by atoms with Crippen molar-refractivity contribution in [3.05, 3.63) is 58.6 Å². The minimum atomic E-state index is -0.0173. The molecule has 0 fully saturated rings. The molecule has 4 heteroatoms. The first-order chi connectivity index (χ1) is 8.58. The molecule has 0 bridgehead atoms. The topological polar surface area (TPSA) is 59.1 Å². The van der Waals surface area contributed by atoms with Gasteiger partial charge in [-0.2, -0.15) is 0 Å². The van der Waals surface area contributed by atoms with Gasteiger partial charge >= 0.3 is 0 Å². The van der Waals surface area contributed by atoms with E-state index in [9.17, 15) is 0 Å². The molecule has 0 heterocycles. The Balaban J connectivity index is 2.34. The van der Waals surface area contributed by atoms with Gasteiger partial charge in [0.2, 0.25) is 0 Å². The summed E-state index contributed by atoms with van der Waals surface area (Å²) in [4.78, 5) is 0. The van der Waals surface area contributed by atoms with E-state index in [1.165, 1.54) is 0 Å². The molecular formula is C14H13ClN2O. The smallest absolute Gasteiger partial charge is 0.138 e. The molecule has 0 amide bonds. The number of benzene rings is 2. The lowest BCUT2D eigenvalue weighted by Crippen LogP contribution is -2.12. The van der Waals surface area contributed by atoms with Crippen molar-refractivity contribution in [3.8, 4) is 11.5 Å². The average molecular weight is 261 g/mol. The zero-order valence-corrected chi connectivity index (χ0v) is 10.7. The summed E-state index contributed by atoms with van der Waals surface area (Å²) in [5.74, 6) is 1.22. The molecule has 0 saturated heterocycles. The van der Waals surface area contributed by atoms with Crippen LogP contribution < -0.4 is 10.5 Å². The van der Waals surface area contributed by atoms with Crippen LogP contribution in [0.15, 0.2) is 42.5 Å². The molecule has 2 rings (SSSR count). The van der Waals surface area contributed by atoms with Crippen molar-refractivity contribution in [2.75, 3.05) is 0 Å². The Morgan fingerprint density at radius 1 is 1.22 bits per heavy atom. The lowest BCUT2D eigenvalue weighted by Gasteiger charge is -2.10. The van der Waals surface area contributed by atoms with E-state index < -0.39 is 0 Å². The van der Waals surface area contributed by atoms with E-state index in [-0.39, 0.29) is 5.84 Å². The molecule has 0 aromatic heterocycles. The predicted octanol–water partition coefficient (Wildman–Crippen LogP) is 3.72. The van der Waals surface area contributed by atoms with Crippen molar-refractivity contribution in [2.45, 2.75) is 6.92 Å². The number of ether oxygens (including phenoxy) is 1. The van der Waals surface area contributed by atoms with Gasteiger partial charge in [-0.3, -0.25) is 5.41 Å². The quantitative estimate of drug-likeness (QED) is 0.653. The Hall–Kier alpha value is -2.00. The van der Waals surface area contributed by atoms with Crippen LogP contribution in [0.3, 0.4) is 0 Å². The monoisotopic (exact) mass is 260 g/mol. The number of rotatable bonds is 3. The summed E-state index contributed by atoms with van der Waals surface area (Å²) in [6, 6.07) is 12.6. The highest BCUT2D eigenvalue weighted by atomic mass is 35.5. The van der Waals surface area contributed by atoms with Gasteiger partial charge in [0.05, 0.1) is 5.56 Å². The number of hydrogen-bond acceptors (Lipinski definition) is 2. The van der Waals surface area contributed by atoms with Crippen molar-refractivity contribution in [2.24, 2.45) is 5.73 Å². The van der Waals surface area contributed by atoms with Crippen molar-refractivity contribution >= 4 is 17.4 Å². The maximum absolute atomic E-state index is 7.50. The largest absolute Gasteiger partial charge is 0.457 e. The predicted molar refractivity (Wildman–Crippen MR) is 73.7 cm³/mol. The number of halogens is 1. The Morgan fingerprint density at radius 2 is 1.94 bits per heavy atom. The second-order valence-electron chi connectivity index (χ2n) is 3.92. The van der Waals surface area contributed by atoms with Gasteiger partial charge in [-0.15, -0.1) is 0 Å². The summed E-state index contributed by atoms with van der Waals surface area (Å²) in [7, 11) is 0. The molecule has 3 N–H and O–H groups in total. The van der Waals surface area contributed by atoms with Crippen molar-refractivity contribution in [1.82, 2.24) is 0 Å². The SMILES string of the molecule is Cc1cc(Oc2ccccc2C(=N)N)ccc1Cl. The van der Waals surface area contributed by atoms with Crippen LogP contribution in [0.5, 0.6) is 11.5 Å². The third-order valence-corrected chi connectivity index (χ3v) is 2.96. The third-order valence-electron chi connectivity index (χ3n) is 2.53. The van der Waals surface area contributed by atoms with Gasteiger partial charge in [0.15, 0.2) is 0 Å². The number of amidine groups is 1. The molecule has 18 heavy (non-hydrogen) atoms. The number of nitrogens with one attached hydrogen (secondary N) is 1. The van der Waals surface area contributed by atoms with E-state index in [2.05, 4.69) is 0 Å². The standard InChI is InChI=1S/C14H13ClN2O/c1-9-8-10(6-7-12(9)15)18-13-5-3-2-4-11(13)14(16)17/h2-8H,1H3,(H3,16,17). The second-order valence-corrected chi connectivity index (χ2v) is 4.33. The highest BCUT2D eigenvalue weighted by Gasteiger charge is 2.07. The van der Waals surface area contributed by atoms with Crippen LogP contribution in [-0.2, 0) is 0 Å². The number of aryl methyl sites for hydroxylation is 1. The minimum Gasteiger partial charge on any atom is -0.457 e. The van der Waals surface area contributed by atoms with Crippen molar-refractivity contribution in [3.63, 3.8) is 0 Å². The number of nitrogens with two attached hydrogens (primary N) is 1. The number of nitrogen functional groups attached to an aromatic ring is 1. The van der Waals surface area contributed by atoms with Crippen LogP contribution >= 0.6 is 11.6 Å². The molecule has 0 atom stereocenters. The third kappa shape index (κ3) is 2.63. The first-order valence-corrected chi connectivity index (χ1v) is 5.83. The van der Waals surface area contributed by atoms with Crippen LogP contribution in [-0.4, -0.2) is 5.84 Å². The van der Waals surface area contributed by atoms with Gasteiger partial charge in [0, 0.05) is 5.02 Å². The molecule has 0 aliphatic heterocycles. The van der Waals surface area contributed by atoms with Gasteiger partial charge in [-0.25, -0.2) is 0 Å². The molecule has 0 radical (unpaired) electrons. The van der Waals surface area contributed by atoms with E-state index in [0.717, 1.165) is 5.56 Å². The molecule has 0 aliphatic rings. The van der Waals surface area contributed by atoms with Crippen LogP contribution in [0, 0.1) is 12.3 Å². The van der Waals surface area contributed by atoms with Gasteiger partial charge < -0.3 is 10.5 Å². The molecule has 3 nitrogen and oxygen atoms in total. The van der Waals surface area contributed by atoms with Crippen molar-refractivity contribution < 1.29 is 4.74 Å². The average Bonchev–Trinajstić information content (AvgIpc) is 2.34. The molecule has 0 aliphatic carbocycles. The lowest BCUT2D eigenvalue weighted by molar-refractivity contribution is 0.481. The first kappa shape index (κ1) is 12.5. The highest BCUT2D eigenvalue weighted by molar-refractivity contribution is 6.31. The lowest BCUT2D eigenvalue weighted by atomic mass is 10.2. The molecule has 2 aromatic rings. The normalized spacial score (nSPS) is 10.1. The van der Waals surface area contributed by atoms with E-state index in [0.29, 0.717) is 22.1 Å². The Bertz CT molecular complexity index is 596. The Kier molecular flexibility index (Phi) is 3.53. The molecule has 0 spiro atoms. The zero-order valence-electron chi connectivity index (χ0n) is 9.91. The summed E-state index contributed by atoms with van der Waals surface area (Å²) in [5, 5.41) is 8.19. The summed E-state index contributed by atoms with van der Waals surface area (Å²) in [6.07, 6.45) is 0. The van der Waals surface area contributed by atoms with E-state index in [4.69, 9.17) is 27.5 Å². The highest BCUT2D eigenvalue weighted by Crippen LogP contribution is 2.27. The summed E-state index contributed by atoms with van der Waals surface area (Å²) < 4.78 is 5.73. The van der Waals surface area contributed by atoms with Gasteiger partial charge in [0.1, 0.15) is 17.3 Å². The van der Waals surface area contributed by atoms with Crippen LogP contribution in [0.25, 0.3) is 0 Å². The molecule has 0 saturated carbocycles. The summed E-state index contributed by atoms with van der Waals surface area (Å²) in [5.41, 5.74) is 7.02. The van der Waals surface area contributed by atoms with Crippen LogP contribution in [0.1, 0.15) is 11.1 Å². The zero-order chi connectivity index (χ0) is 13.1. The summed E-state index contributed by atoms with van der Waals surface area (Å²) >= 11 is 5.96. The van der Waals surface area contributed by atoms with E-state index in [1.54, 1.807) is 24.3 Å². The summed E-state index contributed by atoms with van der Waals surface area (Å²) in [6.45, 7) is 1.91. The fourth-order valence-corrected chi connectivity index (χ4v) is 1.70. The fraction of sp³-hybridized carbons (Fsp3) is 0.0714. The van der Waals surface area contributed by atoms with E-state index >= 15 is 0 Å². The molecule has 0 unspecified atom stereocenters. The van der Waals surface area contributed by atoms with Crippen LogP contribution in [0.4, 0.5) is 0 Å².